The maximum atomic E-state index is 12.7. The van der Waals surface area contributed by atoms with E-state index in [2.05, 4.69) is 36.2 Å². The molecule has 1 amide bonds. The van der Waals surface area contributed by atoms with Crippen molar-refractivity contribution in [3.63, 3.8) is 0 Å². The number of rotatable bonds is 11. The lowest BCUT2D eigenvalue weighted by Gasteiger charge is -2.11. The number of imidazole rings is 1. The van der Waals surface area contributed by atoms with Crippen molar-refractivity contribution >= 4 is 50.5 Å². The molecule has 13 nitrogen and oxygen atoms in total. The van der Waals surface area contributed by atoms with E-state index in [1.54, 1.807) is 13.8 Å². The van der Waals surface area contributed by atoms with E-state index in [-0.39, 0.29) is 70.3 Å². The van der Waals surface area contributed by atoms with Gasteiger partial charge in [0.15, 0.2) is 16.9 Å². The van der Waals surface area contributed by atoms with Crippen molar-refractivity contribution in [2.24, 2.45) is 0 Å². The Balaban J connectivity index is 1.63. The molecule has 0 saturated heterocycles. The zero-order chi connectivity index (χ0) is 26.2. The Labute approximate surface area is 212 Å². The summed E-state index contributed by atoms with van der Waals surface area (Å²) in [5.41, 5.74) is 0.0611. The van der Waals surface area contributed by atoms with Crippen molar-refractivity contribution in [1.29, 1.82) is 0 Å². The Morgan fingerprint density at radius 3 is 2.33 bits per heavy atom. The van der Waals surface area contributed by atoms with Crippen LogP contribution in [0.25, 0.3) is 11.0 Å². The largest absolute Gasteiger partial charge is 0.493 e. The molecule has 0 spiro atoms. The third kappa shape index (κ3) is 6.13. The van der Waals surface area contributed by atoms with Gasteiger partial charge in [-0.1, -0.05) is 0 Å². The average Bonchev–Trinajstić information content (AvgIpc) is 3.32. The predicted molar refractivity (Wildman–Crippen MR) is 129 cm³/mol. The van der Waals surface area contributed by atoms with Crippen LogP contribution in [0.4, 0.5) is 5.69 Å². The van der Waals surface area contributed by atoms with Gasteiger partial charge in [-0.25, -0.2) is 19.6 Å². The number of carbonyl (C=O) groups is 3. The molecule has 0 aliphatic heterocycles. The lowest BCUT2D eigenvalue weighted by molar-refractivity contribution is -0.384. The van der Waals surface area contributed by atoms with Crippen LogP contribution in [0, 0.1) is 10.1 Å². The van der Waals surface area contributed by atoms with E-state index in [4.69, 9.17) is 14.2 Å². The summed E-state index contributed by atoms with van der Waals surface area (Å²) in [5.74, 6) is -1.67. The van der Waals surface area contributed by atoms with E-state index in [0.29, 0.717) is 6.42 Å². The number of hydrogen-bond donors (Lipinski definition) is 2. The number of H-pyrrole nitrogens is 1. The van der Waals surface area contributed by atoms with Gasteiger partial charge in [0.05, 0.1) is 46.6 Å². The Kier molecular flexibility index (Phi) is 8.89. The number of nitro groups is 1. The molecule has 0 bridgehead atoms. The number of amides is 1. The molecule has 2 aromatic heterocycles. The quantitative estimate of drug-likeness (QED) is 0.152. The standard InChI is InChI=1S/C22H22BrN5O8/c1-3-34-21(30)15-8-12(9-16(27-15)22(31)35-4-2)36-7-5-6-24-20(29)13-10-14(23)19(28(32)33)18-17(13)25-11-26-18/h8-11H,3-7H2,1-2H3,(H,24,29)(H,25,26). The minimum atomic E-state index is -0.708. The number of halogens is 1. The first-order chi connectivity index (χ1) is 17.3. The molecule has 14 heteroatoms. The van der Waals surface area contributed by atoms with E-state index in [1.165, 1.54) is 24.5 Å². The summed E-state index contributed by atoms with van der Waals surface area (Å²) in [6.45, 7) is 3.91. The molecule has 3 rings (SSSR count). The molecule has 0 fully saturated rings. The van der Waals surface area contributed by atoms with E-state index in [9.17, 15) is 24.5 Å². The fourth-order valence-corrected chi connectivity index (χ4v) is 3.74. The second kappa shape index (κ2) is 12.1. The molecule has 2 heterocycles. The molecular weight excluding hydrogens is 542 g/mol. The van der Waals surface area contributed by atoms with E-state index in [0.717, 1.165) is 0 Å². The molecule has 0 saturated carbocycles. The zero-order valence-corrected chi connectivity index (χ0v) is 20.9. The highest BCUT2D eigenvalue weighted by Crippen LogP contribution is 2.33. The summed E-state index contributed by atoms with van der Waals surface area (Å²) < 4.78 is 15.7. The van der Waals surface area contributed by atoms with Crippen LogP contribution in [-0.4, -0.2) is 64.1 Å². The van der Waals surface area contributed by atoms with Crippen molar-refractivity contribution in [2.75, 3.05) is 26.4 Å². The van der Waals surface area contributed by atoms with Gasteiger partial charge in [0.25, 0.3) is 5.91 Å². The van der Waals surface area contributed by atoms with E-state index < -0.39 is 22.8 Å². The minimum Gasteiger partial charge on any atom is -0.493 e. The number of fused-ring (bicyclic) bond motifs is 1. The highest BCUT2D eigenvalue weighted by molar-refractivity contribution is 9.10. The molecular formula is C22H22BrN5O8. The molecule has 2 N–H and O–H groups in total. The number of ether oxygens (including phenoxy) is 3. The molecule has 0 atom stereocenters. The van der Waals surface area contributed by atoms with Crippen molar-refractivity contribution in [3.8, 4) is 5.75 Å². The Hall–Kier alpha value is -4.07. The van der Waals surface area contributed by atoms with Crippen LogP contribution in [0.15, 0.2) is 29.0 Å². The highest BCUT2D eigenvalue weighted by Gasteiger charge is 2.24. The number of nitrogens with zero attached hydrogens (tertiary/aromatic N) is 3. The second-order valence-corrected chi connectivity index (χ2v) is 7.96. The molecule has 0 unspecified atom stereocenters. The van der Waals surface area contributed by atoms with Gasteiger partial charge in [-0.2, -0.15) is 0 Å². The average molecular weight is 564 g/mol. The number of aromatic amines is 1. The van der Waals surface area contributed by atoms with Gasteiger partial charge in [0.2, 0.25) is 0 Å². The van der Waals surface area contributed by atoms with Gasteiger partial charge in [-0.05, 0) is 42.3 Å². The summed E-state index contributed by atoms with van der Waals surface area (Å²) in [5, 5.41) is 14.0. The monoisotopic (exact) mass is 563 g/mol. The van der Waals surface area contributed by atoms with Gasteiger partial charge in [0.1, 0.15) is 5.75 Å². The third-order valence-corrected chi connectivity index (χ3v) is 5.31. The molecule has 1 aromatic carbocycles. The molecule has 190 valence electrons. The van der Waals surface area contributed by atoms with Crippen LogP contribution in [0.2, 0.25) is 0 Å². The number of nitrogens with one attached hydrogen (secondary N) is 2. The lowest BCUT2D eigenvalue weighted by Crippen LogP contribution is -2.26. The van der Waals surface area contributed by atoms with Gasteiger partial charge < -0.3 is 24.5 Å². The normalized spacial score (nSPS) is 10.6. The van der Waals surface area contributed by atoms with Crippen LogP contribution in [0.1, 0.15) is 51.6 Å². The fraction of sp³-hybridized carbons (Fsp3) is 0.318. The summed E-state index contributed by atoms with van der Waals surface area (Å²) in [6, 6.07) is 4.06. The van der Waals surface area contributed by atoms with Gasteiger partial charge in [-0.3, -0.25) is 14.9 Å². The molecule has 36 heavy (non-hydrogen) atoms. The number of nitro benzene ring substituents is 1. The van der Waals surface area contributed by atoms with E-state index >= 15 is 0 Å². The Morgan fingerprint density at radius 1 is 1.11 bits per heavy atom. The van der Waals surface area contributed by atoms with Gasteiger partial charge in [0, 0.05) is 18.7 Å². The number of carbonyl (C=O) groups excluding carboxylic acids is 3. The maximum absolute atomic E-state index is 12.7. The Morgan fingerprint density at radius 2 is 1.75 bits per heavy atom. The summed E-state index contributed by atoms with van der Waals surface area (Å²) >= 11 is 3.13. The topological polar surface area (TPSA) is 176 Å². The predicted octanol–water partition coefficient (Wildman–Crippen LogP) is 3.18. The highest BCUT2D eigenvalue weighted by atomic mass is 79.9. The van der Waals surface area contributed by atoms with Gasteiger partial charge >= 0.3 is 17.6 Å². The van der Waals surface area contributed by atoms with Crippen LogP contribution in [0.3, 0.4) is 0 Å². The summed E-state index contributed by atoms with van der Waals surface area (Å²) in [7, 11) is 0. The number of hydrogen-bond acceptors (Lipinski definition) is 10. The Bertz CT molecular complexity index is 1270. The number of esters is 2. The summed E-state index contributed by atoms with van der Waals surface area (Å²) in [6.07, 6.45) is 1.65. The fourth-order valence-electron chi connectivity index (χ4n) is 3.18. The van der Waals surface area contributed by atoms with Crippen LogP contribution >= 0.6 is 15.9 Å². The first-order valence-electron chi connectivity index (χ1n) is 10.8. The minimum absolute atomic E-state index is 0.0651. The van der Waals surface area contributed by atoms with Crippen LogP contribution < -0.4 is 10.1 Å². The SMILES string of the molecule is CCOC(=O)c1cc(OCCCNC(=O)c2cc(Br)c([N+](=O)[O-])c3nc[nH]c23)cc(C(=O)OCC)n1. The maximum Gasteiger partial charge on any atom is 0.357 e. The van der Waals surface area contributed by atoms with Crippen LogP contribution in [-0.2, 0) is 9.47 Å². The number of benzene rings is 1. The molecule has 3 aromatic rings. The van der Waals surface area contributed by atoms with Crippen molar-refractivity contribution in [1.82, 2.24) is 20.3 Å². The van der Waals surface area contributed by atoms with E-state index in [1.807, 2.05) is 0 Å². The lowest BCUT2D eigenvalue weighted by atomic mass is 10.1. The third-order valence-electron chi connectivity index (χ3n) is 4.70. The second-order valence-electron chi connectivity index (χ2n) is 7.11. The number of aromatic nitrogens is 3. The first-order valence-corrected chi connectivity index (χ1v) is 11.6. The summed E-state index contributed by atoms with van der Waals surface area (Å²) in [4.78, 5) is 58.3. The zero-order valence-electron chi connectivity index (χ0n) is 19.3. The van der Waals surface area contributed by atoms with Crippen LogP contribution in [0.5, 0.6) is 5.75 Å². The molecule has 0 radical (unpaired) electrons. The van der Waals surface area contributed by atoms with Crippen molar-refractivity contribution in [3.05, 3.63) is 56.1 Å². The smallest absolute Gasteiger partial charge is 0.357 e. The van der Waals surface area contributed by atoms with Gasteiger partial charge in [-0.15, -0.1) is 0 Å². The van der Waals surface area contributed by atoms with Crippen molar-refractivity contribution < 1.29 is 33.5 Å². The van der Waals surface area contributed by atoms with Crippen molar-refractivity contribution in [2.45, 2.75) is 20.3 Å². The molecule has 0 aliphatic carbocycles. The molecule has 0 aliphatic rings. The number of pyridine rings is 1. The first kappa shape index (κ1) is 26.5.